The van der Waals surface area contributed by atoms with Gasteiger partial charge in [0.25, 0.3) is 0 Å². The highest BCUT2D eigenvalue weighted by atomic mass is 35.5. The van der Waals surface area contributed by atoms with Gasteiger partial charge in [0.1, 0.15) is 0 Å². The van der Waals surface area contributed by atoms with Crippen molar-refractivity contribution in [3.63, 3.8) is 0 Å². The molecule has 0 spiro atoms. The Labute approximate surface area is 114 Å². The molecule has 1 aromatic carbocycles. The zero-order chi connectivity index (χ0) is 12.8. The Morgan fingerprint density at radius 2 is 1.67 bits per heavy atom. The van der Waals surface area contributed by atoms with Crippen LogP contribution in [0.3, 0.4) is 0 Å². The SMILES string of the molecule is OCCN1CCCN(Cc2ccc(Cl)cc2)CC1. The van der Waals surface area contributed by atoms with E-state index < -0.39 is 0 Å². The Bertz CT molecular complexity index is 355. The number of rotatable bonds is 4. The maximum absolute atomic E-state index is 8.97. The molecule has 0 aromatic heterocycles. The third-order valence-electron chi connectivity index (χ3n) is 3.42. The van der Waals surface area contributed by atoms with E-state index in [0.29, 0.717) is 0 Å². The van der Waals surface area contributed by atoms with Gasteiger partial charge >= 0.3 is 0 Å². The molecule has 1 aliphatic heterocycles. The van der Waals surface area contributed by atoms with Crippen LogP contribution in [0.1, 0.15) is 12.0 Å². The molecule has 18 heavy (non-hydrogen) atoms. The second kappa shape index (κ2) is 7.10. The first kappa shape index (κ1) is 13.8. The van der Waals surface area contributed by atoms with E-state index in [1.165, 1.54) is 12.0 Å². The van der Waals surface area contributed by atoms with Gasteiger partial charge < -0.3 is 5.11 Å². The zero-order valence-corrected chi connectivity index (χ0v) is 11.4. The van der Waals surface area contributed by atoms with Gasteiger partial charge in [-0.15, -0.1) is 0 Å². The van der Waals surface area contributed by atoms with E-state index in [2.05, 4.69) is 21.9 Å². The zero-order valence-electron chi connectivity index (χ0n) is 10.7. The summed E-state index contributed by atoms with van der Waals surface area (Å²) < 4.78 is 0. The molecule has 1 N–H and O–H groups in total. The van der Waals surface area contributed by atoms with E-state index in [0.717, 1.165) is 44.3 Å². The molecule has 1 aliphatic rings. The summed E-state index contributed by atoms with van der Waals surface area (Å²) in [5, 5.41) is 9.76. The van der Waals surface area contributed by atoms with Gasteiger partial charge in [-0.3, -0.25) is 9.80 Å². The van der Waals surface area contributed by atoms with Gasteiger partial charge in [-0.05, 0) is 37.2 Å². The second-order valence-corrected chi connectivity index (χ2v) is 5.26. The number of aliphatic hydroxyl groups is 1. The van der Waals surface area contributed by atoms with Gasteiger partial charge in [-0.1, -0.05) is 23.7 Å². The minimum atomic E-state index is 0.261. The van der Waals surface area contributed by atoms with Gasteiger partial charge in [0.2, 0.25) is 0 Å². The minimum Gasteiger partial charge on any atom is -0.395 e. The highest BCUT2D eigenvalue weighted by molar-refractivity contribution is 6.30. The van der Waals surface area contributed by atoms with E-state index in [4.69, 9.17) is 16.7 Å². The monoisotopic (exact) mass is 268 g/mol. The molecule has 0 atom stereocenters. The van der Waals surface area contributed by atoms with Crippen molar-refractivity contribution in [2.45, 2.75) is 13.0 Å². The Morgan fingerprint density at radius 1 is 1.00 bits per heavy atom. The van der Waals surface area contributed by atoms with Crippen LogP contribution in [0.5, 0.6) is 0 Å². The van der Waals surface area contributed by atoms with E-state index >= 15 is 0 Å². The van der Waals surface area contributed by atoms with E-state index in [1.54, 1.807) is 0 Å². The van der Waals surface area contributed by atoms with Crippen LogP contribution in [-0.2, 0) is 6.54 Å². The topological polar surface area (TPSA) is 26.7 Å². The van der Waals surface area contributed by atoms with Gasteiger partial charge in [0.15, 0.2) is 0 Å². The summed E-state index contributed by atoms with van der Waals surface area (Å²) in [6.07, 6.45) is 1.17. The van der Waals surface area contributed by atoms with Crippen LogP contribution in [0.25, 0.3) is 0 Å². The average molecular weight is 269 g/mol. The van der Waals surface area contributed by atoms with Gasteiger partial charge in [0.05, 0.1) is 6.61 Å². The summed E-state index contributed by atoms with van der Waals surface area (Å²) >= 11 is 5.89. The molecular formula is C14H21ClN2O. The molecule has 0 unspecified atom stereocenters. The molecule has 1 aromatic rings. The molecule has 2 rings (SSSR count). The molecule has 0 amide bonds. The van der Waals surface area contributed by atoms with Crippen LogP contribution in [0, 0.1) is 0 Å². The highest BCUT2D eigenvalue weighted by Crippen LogP contribution is 2.12. The van der Waals surface area contributed by atoms with Gasteiger partial charge in [-0.25, -0.2) is 0 Å². The van der Waals surface area contributed by atoms with E-state index in [9.17, 15) is 0 Å². The number of aliphatic hydroxyl groups excluding tert-OH is 1. The Morgan fingerprint density at radius 3 is 2.39 bits per heavy atom. The average Bonchev–Trinajstić information content (AvgIpc) is 2.59. The number of hydrogen-bond acceptors (Lipinski definition) is 3. The van der Waals surface area contributed by atoms with Crippen LogP contribution in [0.2, 0.25) is 5.02 Å². The lowest BCUT2D eigenvalue weighted by molar-refractivity contribution is 0.196. The summed E-state index contributed by atoms with van der Waals surface area (Å²) in [6, 6.07) is 8.09. The number of β-amino-alcohol motifs (C(OH)–C–C–N with tert-alkyl or cyclic N) is 1. The summed E-state index contributed by atoms with van der Waals surface area (Å²) in [5.41, 5.74) is 1.31. The molecule has 0 aliphatic carbocycles. The van der Waals surface area contributed by atoms with Gasteiger partial charge in [-0.2, -0.15) is 0 Å². The normalized spacial score (nSPS) is 18.8. The summed E-state index contributed by atoms with van der Waals surface area (Å²) in [7, 11) is 0. The van der Waals surface area contributed by atoms with Crippen molar-refractivity contribution in [2.75, 3.05) is 39.3 Å². The van der Waals surface area contributed by atoms with Crippen LogP contribution >= 0.6 is 11.6 Å². The van der Waals surface area contributed by atoms with Crippen LogP contribution in [0.4, 0.5) is 0 Å². The fraction of sp³-hybridized carbons (Fsp3) is 0.571. The third kappa shape index (κ3) is 4.25. The van der Waals surface area contributed by atoms with Crippen molar-refractivity contribution in [3.05, 3.63) is 34.9 Å². The Hall–Kier alpha value is -0.610. The number of nitrogens with zero attached hydrogens (tertiary/aromatic N) is 2. The standard InChI is InChI=1S/C14H21ClN2O/c15-14-4-2-13(3-5-14)12-17-7-1-6-16(8-9-17)10-11-18/h2-5,18H,1,6-12H2. The van der Waals surface area contributed by atoms with E-state index in [1.807, 2.05) is 12.1 Å². The maximum atomic E-state index is 8.97. The van der Waals surface area contributed by atoms with Crippen molar-refractivity contribution in [2.24, 2.45) is 0 Å². The molecule has 0 bridgehead atoms. The van der Waals surface area contributed by atoms with Crippen molar-refractivity contribution < 1.29 is 5.11 Å². The Balaban J connectivity index is 1.84. The van der Waals surface area contributed by atoms with Crippen molar-refractivity contribution in [1.82, 2.24) is 9.80 Å². The maximum Gasteiger partial charge on any atom is 0.0558 e. The molecule has 100 valence electrons. The second-order valence-electron chi connectivity index (χ2n) is 4.82. The molecule has 4 heteroatoms. The van der Waals surface area contributed by atoms with E-state index in [-0.39, 0.29) is 6.61 Å². The highest BCUT2D eigenvalue weighted by Gasteiger charge is 2.14. The Kier molecular flexibility index (Phi) is 5.45. The van der Waals surface area contributed by atoms with Crippen molar-refractivity contribution >= 4 is 11.6 Å². The lowest BCUT2D eigenvalue weighted by Crippen LogP contribution is -2.32. The molecule has 3 nitrogen and oxygen atoms in total. The first-order valence-corrected chi connectivity index (χ1v) is 6.96. The van der Waals surface area contributed by atoms with Crippen molar-refractivity contribution in [1.29, 1.82) is 0 Å². The van der Waals surface area contributed by atoms with Crippen LogP contribution < -0.4 is 0 Å². The minimum absolute atomic E-state index is 0.261. The predicted octanol–water partition coefficient (Wildman–Crippen LogP) is 1.84. The lowest BCUT2D eigenvalue weighted by atomic mass is 10.2. The van der Waals surface area contributed by atoms with Crippen molar-refractivity contribution in [3.8, 4) is 0 Å². The first-order chi connectivity index (χ1) is 8.78. The number of benzene rings is 1. The largest absolute Gasteiger partial charge is 0.395 e. The molecular weight excluding hydrogens is 248 g/mol. The predicted molar refractivity (Wildman–Crippen MR) is 74.9 cm³/mol. The summed E-state index contributed by atoms with van der Waals surface area (Å²) in [5.74, 6) is 0. The lowest BCUT2D eigenvalue weighted by Gasteiger charge is -2.21. The summed E-state index contributed by atoms with van der Waals surface area (Å²) in [6.45, 7) is 6.40. The number of hydrogen-bond donors (Lipinski definition) is 1. The molecule has 0 saturated carbocycles. The summed E-state index contributed by atoms with van der Waals surface area (Å²) in [4.78, 5) is 4.81. The fourth-order valence-electron chi connectivity index (χ4n) is 2.40. The molecule has 1 heterocycles. The quantitative estimate of drug-likeness (QED) is 0.903. The van der Waals surface area contributed by atoms with Crippen LogP contribution in [-0.4, -0.2) is 54.2 Å². The molecule has 1 saturated heterocycles. The third-order valence-corrected chi connectivity index (χ3v) is 3.67. The fourth-order valence-corrected chi connectivity index (χ4v) is 2.52. The molecule has 1 fully saturated rings. The smallest absolute Gasteiger partial charge is 0.0558 e. The number of halogens is 1. The first-order valence-electron chi connectivity index (χ1n) is 6.58. The van der Waals surface area contributed by atoms with Crippen LogP contribution in [0.15, 0.2) is 24.3 Å². The molecule has 0 radical (unpaired) electrons. The van der Waals surface area contributed by atoms with Gasteiger partial charge in [0, 0.05) is 31.2 Å².